The maximum Gasteiger partial charge on any atom is 0.181 e. The maximum atomic E-state index is 14.7. The van der Waals surface area contributed by atoms with Gasteiger partial charge in [-0.3, -0.25) is 15.1 Å². The van der Waals surface area contributed by atoms with E-state index >= 15 is 0 Å². The Hall–Kier alpha value is -4.87. The second-order valence-corrected chi connectivity index (χ2v) is 11.0. The quantitative estimate of drug-likeness (QED) is 0.190. The molecule has 0 unspecified atom stereocenters. The Morgan fingerprint density at radius 1 is 0.860 bits per heavy atom. The smallest absolute Gasteiger partial charge is 0.181 e. The minimum Gasteiger partial charge on any atom is -0.491 e. The van der Waals surface area contributed by atoms with Crippen molar-refractivity contribution in [2.75, 3.05) is 59.7 Å². The number of hydrogen-bond donors (Lipinski definition) is 3. The first-order valence-corrected chi connectivity index (χ1v) is 14.1. The molecule has 0 aliphatic rings. The van der Waals surface area contributed by atoms with Crippen LogP contribution in [-0.4, -0.2) is 94.4 Å². The summed E-state index contributed by atoms with van der Waals surface area (Å²) >= 11 is 0. The first-order valence-electron chi connectivity index (χ1n) is 14.1. The number of fused-ring (bicyclic) bond motifs is 2. The van der Waals surface area contributed by atoms with Crippen molar-refractivity contribution < 1.29 is 9.13 Å². The molecule has 0 fully saturated rings. The Bertz CT molecular complexity index is 1880. The van der Waals surface area contributed by atoms with Crippen molar-refractivity contribution in [1.29, 1.82) is 0 Å². The number of halogens is 1. The molecular weight excluding hydrogens is 545 g/mol. The number of aromatic nitrogens is 6. The molecule has 6 aromatic rings. The Morgan fingerprint density at radius 2 is 1.70 bits per heavy atom. The topological polar surface area (TPSA) is 111 Å². The first kappa shape index (κ1) is 28.3. The third-order valence-corrected chi connectivity index (χ3v) is 7.14. The fourth-order valence-corrected chi connectivity index (χ4v) is 4.94. The van der Waals surface area contributed by atoms with Crippen LogP contribution in [0.5, 0.6) is 5.75 Å². The molecule has 10 nitrogen and oxygen atoms in total. The van der Waals surface area contributed by atoms with Crippen molar-refractivity contribution in [3.05, 3.63) is 73.1 Å². The van der Waals surface area contributed by atoms with Crippen molar-refractivity contribution in [2.45, 2.75) is 0 Å². The minimum absolute atomic E-state index is 0.320. The van der Waals surface area contributed by atoms with Gasteiger partial charge in [0.1, 0.15) is 18.2 Å². The molecule has 0 spiro atoms. The van der Waals surface area contributed by atoms with Gasteiger partial charge in [-0.25, -0.2) is 9.37 Å². The highest BCUT2D eigenvalue weighted by Crippen LogP contribution is 2.35. The van der Waals surface area contributed by atoms with Gasteiger partial charge in [0.25, 0.3) is 0 Å². The van der Waals surface area contributed by atoms with E-state index < -0.39 is 0 Å². The van der Waals surface area contributed by atoms with Crippen LogP contribution in [0.1, 0.15) is 0 Å². The van der Waals surface area contributed by atoms with Gasteiger partial charge in [0.15, 0.2) is 5.65 Å². The molecule has 0 amide bonds. The number of likely N-dealkylation sites (N-methyl/N-ethyl adjacent to an activating group) is 2. The number of H-pyrrole nitrogens is 2. The summed E-state index contributed by atoms with van der Waals surface area (Å²) < 4.78 is 20.6. The SMILES string of the molecule is CN(C)CCNc1cc(F)cc(-c2nccc3[nH]c(-c4[nH]nc5ncc(-c6cncc(OCCN(C)C)c6)cc45)cc23)c1. The van der Waals surface area contributed by atoms with Crippen LogP contribution in [0, 0.1) is 5.82 Å². The Labute approximate surface area is 248 Å². The van der Waals surface area contributed by atoms with E-state index in [1.807, 2.05) is 58.5 Å². The van der Waals surface area contributed by atoms with Crippen molar-refractivity contribution in [2.24, 2.45) is 0 Å². The summed E-state index contributed by atoms with van der Waals surface area (Å²) in [4.78, 5) is 21.2. The summed E-state index contributed by atoms with van der Waals surface area (Å²) in [5.41, 5.74) is 6.99. The molecule has 6 rings (SSSR count). The number of rotatable bonds is 11. The molecule has 0 saturated heterocycles. The average molecular weight is 580 g/mol. The number of hydrogen-bond acceptors (Lipinski definition) is 8. The van der Waals surface area contributed by atoms with Crippen LogP contribution in [0.3, 0.4) is 0 Å². The highest BCUT2D eigenvalue weighted by atomic mass is 19.1. The molecule has 0 atom stereocenters. The second kappa shape index (κ2) is 12.2. The van der Waals surface area contributed by atoms with Gasteiger partial charge < -0.3 is 24.8 Å². The molecule has 0 bridgehead atoms. The van der Waals surface area contributed by atoms with Crippen molar-refractivity contribution in [1.82, 2.24) is 39.9 Å². The van der Waals surface area contributed by atoms with E-state index in [-0.39, 0.29) is 5.82 Å². The Kier molecular flexibility index (Phi) is 7.99. The lowest BCUT2D eigenvalue weighted by atomic mass is 10.1. The number of benzene rings is 1. The molecule has 220 valence electrons. The monoisotopic (exact) mass is 579 g/mol. The number of aromatic amines is 2. The van der Waals surface area contributed by atoms with Gasteiger partial charge in [0, 0.05) is 76.9 Å². The molecule has 0 radical (unpaired) electrons. The van der Waals surface area contributed by atoms with Crippen LogP contribution >= 0.6 is 0 Å². The number of anilines is 1. The van der Waals surface area contributed by atoms with Gasteiger partial charge in [-0.1, -0.05) is 0 Å². The molecule has 0 aliphatic carbocycles. The van der Waals surface area contributed by atoms with Crippen molar-refractivity contribution in [3.8, 4) is 39.5 Å². The standard InChI is InChI=1S/C32H34FN9O/c1-41(2)8-7-35-24-12-20(11-23(33)15-24)30-26-16-29(38-28(26)5-6-36-30)31-27-14-22(18-37-32(27)40-39-31)21-13-25(19-34-17-21)43-10-9-42(3)4/h5-6,11-19,35,38H,7-10H2,1-4H3,(H,37,39,40). The normalized spacial score (nSPS) is 11.7. The zero-order valence-electron chi connectivity index (χ0n) is 24.6. The summed E-state index contributed by atoms with van der Waals surface area (Å²) in [6, 6.07) is 12.9. The van der Waals surface area contributed by atoms with Crippen molar-refractivity contribution >= 4 is 27.6 Å². The van der Waals surface area contributed by atoms with Gasteiger partial charge >= 0.3 is 0 Å². The Balaban J connectivity index is 1.33. The predicted octanol–water partition coefficient (Wildman–Crippen LogP) is 5.28. The molecule has 1 aromatic carbocycles. The number of ether oxygens (including phenoxy) is 1. The van der Waals surface area contributed by atoms with E-state index in [1.165, 1.54) is 12.1 Å². The number of nitrogens with zero attached hydrogens (tertiary/aromatic N) is 6. The summed E-state index contributed by atoms with van der Waals surface area (Å²) in [5.74, 6) is 0.384. The van der Waals surface area contributed by atoms with Crippen LogP contribution in [0.15, 0.2) is 67.3 Å². The van der Waals surface area contributed by atoms with E-state index in [9.17, 15) is 4.39 Å². The molecule has 5 heterocycles. The van der Waals surface area contributed by atoms with E-state index in [0.29, 0.717) is 41.5 Å². The minimum atomic E-state index is -0.320. The fourth-order valence-electron chi connectivity index (χ4n) is 4.94. The van der Waals surface area contributed by atoms with Gasteiger partial charge in [-0.15, -0.1) is 0 Å². The molecule has 0 saturated carbocycles. The third kappa shape index (κ3) is 6.32. The van der Waals surface area contributed by atoms with E-state index in [0.717, 1.165) is 51.9 Å². The van der Waals surface area contributed by atoms with Gasteiger partial charge in [-0.05, 0) is 70.7 Å². The number of nitrogens with one attached hydrogen (secondary N) is 3. The maximum absolute atomic E-state index is 14.7. The van der Waals surface area contributed by atoms with Gasteiger partial charge in [-0.2, -0.15) is 5.10 Å². The van der Waals surface area contributed by atoms with Crippen LogP contribution in [-0.2, 0) is 0 Å². The van der Waals surface area contributed by atoms with Crippen LogP contribution < -0.4 is 10.1 Å². The molecular formula is C32H34FN9O. The summed E-state index contributed by atoms with van der Waals surface area (Å²) in [6.45, 7) is 2.92. The van der Waals surface area contributed by atoms with Crippen LogP contribution in [0.4, 0.5) is 10.1 Å². The van der Waals surface area contributed by atoms with E-state index in [4.69, 9.17) is 4.74 Å². The molecule has 5 aromatic heterocycles. The fraction of sp³-hybridized carbons (Fsp3) is 0.250. The predicted molar refractivity (Wildman–Crippen MR) is 169 cm³/mol. The summed E-state index contributed by atoms with van der Waals surface area (Å²) in [5, 5.41) is 12.6. The molecule has 0 aliphatic heterocycles. The number of pyridine rings is 3. The van der Waals surface area contributed by atoms with Gasteiger partial charge in [0.2, 0.25) is 0 Å². The van der Waals surface area contributed by atoms with E-state index in [2.05, 4.69) is 45.2 Å². The molecule has 3 N–H and O–H groups in total. The highest BCUT2D eigenvalue weighted by Gasteiger charge is 2.16. The molecule has 11 heteroatoms. The van der Waals surface area contributed by atoms with Crippen LogP contribution in [0.25, 0.3) is 55.7 Å². The molecule has 43 heavy (non-hydrogen) atoms. The third-order valence-electron chi connectivity index (χ3n) is 7.14. The van der Waals surface area contributed by atoms with Crippen molar-refractivity contribution in [3.63, 3.8) is 0 Å². The van der Waals surface area contributed by atoms with Crippen LogP contribution in [0.2, 0.25) is 0 Å². The summed E-state index contributed by atoms with van der Waals surface area (Å²) in [7, 11) is 8.03. The zero-order chi connectivity index (χ0) is 29.9. The highest BCUT2D eigenvalue weighted by molar-refractivity contribution is 6.00. The van der Waals surface area contributed by atoms with E-state index in [1.54, 1.807) is 24.8 Å². The summed E-state index contributed by atoms with van der Waals surface area (Å²) in [6.07, 6.45) is 7.03. The lowest BCUT2D eigenvalue weighted by molar-refractivity contribution is 0.261. The zero-order valence-corrected chi connectivity index (χ0v) is 24.6. The first-order chi connectivity index (χ1) is 20.8. The average Bonchev–Trinajstić information content (AvgIpc) is 3.60. The Morgan fingerprint density at radius 3 is 2.53 bits per heavy atom. The lowest BCUT2D eigenvalue weighted by Gasteiger charge is -2.12. The van der Waals surface area contributed by atoms with Gasteiger partial charge in [0.05, 0.1) is 23.3 Å². The second-order valence-electron chi connectivity index (χ2n) is 11.0. The largest absolute Gasteiger partial charge is 0.491 e. The lowest BCUT2D eigenvalue weighted by Crippen LogP contribution is -2.20.